The van der Waals surface area contributed by atoms with E-state index in [0.717, 1.165) is 11.3 Å². The lowest BCUT2D eigenvalue weighted by Crippen LogP contribution is -2.42. The van der Waals surface area contributed by atoms with Crippen LogP contribution in [-0.2, 0) is 4.79 Å². The molecule has 5 heteroatoms. The Hall–Kier alpha value is -2.56. The predicted octanol–water partition coefficient (Wildman–Crippen LogP) is 3.12. The predicted molar refractivity (Wildman–Crippen MR) is 83.5 cm³/mol. The van der Waals surface area contributed by atoms with Crippen molar-refractivity contribution in [2.45, 2.75) is 12.3 Å². The van der Waals surface area contributed by atoms with Crippen molar-refractivity contribution in [1.82, 2.24) is 0 Å². The zero-order chi connectivity index (χ0) is 15.8. The highest BCUT2D eigenvalue weighted by Gasteiger charge is 2.35. The van der Waals surface area contributed by atoms with Crippen molar-refractivity contribution in [1.29, 1.82) is 0 Å². The van der Waals surface area contributed by atoms with Crippen LogP contribution >= 0.6 is 0 Å². The van der Waals surface area contributed by atoms with Crippen molar-refractivity contribution >= 4 is 11.6 Å². The lowest BCUT2D eigenvalue weighted by molar-refractivity contribution is -0.121. The summed E-state index contributed by atoms with van der Waals surface area (Å²) in [6, 6.07) is 12.2. The molecule has 2 aliphatic rings. The standard InChI is InChI=1S/C18H16FNO3/c19-14-5-3-7-16-17(14)20(9-11-23-16)18(21)13-8-10-22-15-6-2-1-4-12(13)15/h1-7,13H,8-11H2/t13-/m1/s1. The molecule has 118 valence electrons. The molecular formula is C18H16FNO3. The Morgan fingerprint density at radius 3 is 2.74 bits per heavy atom. The molecule has 23 heavy (non-hydrogen) atoms. The Bertz CT molecular complexity index is 762. The summed E-state index contributed by atoms with van der Waals surface area (Å²) in [6.45, 7) is 1.21. The van der Waals surface area contributed by atoms with Gasteiger partial charge in [-0.25, -0.2) is 4.39 Å². The smallest absolute Gasteiger partial charge is 0.235 e. The van der Waals surface area contributed by atoms with Crippen LogP contribution in [-0.4, -0.2) is 25.7 Å². The number of amides is 1. The number of hydrogen-bond donors (Lipinski definition) is 0. The number of carbonyl (C=O) groups is 1. The second-order valence-electron chi connectivity index (χ2n) is 5.65. The monoisotopic (exact) mass is 313 g/mol. The van der Waals surface area contributed by atoms with E-state index in [0.29, 0.717) is 31.9 Å². The molecule has 2 aromatic carbocycles. The average Bonchev–Trinajstić information content (AvgIpc) is 2.60. The second-order valence-corrected chi connectivity index (χ2v) is 5.65. The Kier molecular flexibility index (Phi) is 3.41. The molecule has 0 fully saturated rings. The number of para-hydroxylation sites is 2. The molecule has 2 aromatic rings. The van der Waals surface area contributed by atoms with Crippen LogP contribution in [0.1, 0.15) is 17.9 Å². The summed E-state index contributed by atoms with van der Waals surface area (Å²) < 4.78 is 25.3. The lowest BCUT2D eigenvalue weighted by atomic mass is 9.91. The number of ether oxygens (including phenoxy) is 2. The van der Waals surface area contributed by atoms with Gasteiger partial charge < -0.3 is 14.4 Å². The molecular weight excluding hydrogens is 297 g/mol. The van der Waals surface area contributed by atoms with Gasteiger partial charge in [0.2, 0.25) is 5.91 Å². The quantitative estimate of drug-likeness (QED) is 0.812. The molecule has 0 bridgehead atoms. The van der Waals surface area contributed by atoms with E-state index in [1.165, 1.54) is 11.0 Å². The number of rotatable bonds is 1. The molecule has 0 N–H and O–H groups in total. The van der Waals surface area contributed by atoms with Crippen LogP contribution in [0.4, 0.5) is 10.1 Å². The minimum Gasteiger partial charge on any atom is -0.493 e. The van der Waals surface area contributed by atoms with Gasteiger partial charge in [-0.3, -0.25) is 4.79 Å². The highest BCUT2D eigenvalue weighted by atomic mass is 19.1. The topological polar surface area (TPSA) is 38.8 Å². The van der Waals surface area contributed by atoms with Crippen LogP contribution in [0.25, 0.3) is 0 Å². The van der Waals surface area contributed by atoms with Crippen LogP contribution in [0, 0.1) is 5.82 Å². The zero-order valence-corrected chi connectivity index (χ0v) is 12.5. The van der Waals surface area contributed by atoms with E-state index in [4.69, 9.17) is 9.47 Å². The van der Waals surface area contributed by atoms with E-state index in [1.807, 2.05) is 24.3 Å². The van der Waals surface area contributed by atoms with Crippen molar-refractivity contribution in [2.75, 3.05) is 24.7 Å². The van der Waals surface area contributed by atoms with Crippen molar-refractivity contribution < 1.29 is 18.7 Å². The maximum atomic E-state index is 14.2. The van der Waals surface area contributed by atoms with Gasteiger partial charge in [-0.15, -0.1) is 0 Å². The first-order valence-electron chi connectivity index (χ1n) is 7.70. The van der Waals surface area contributed by atoms with E-state index >= 15 is 0 Å². The van der Waals surface area contributed by atoms with Gasteiger partial charge in [-0.2, -0.15) is 0 Å². The van der Waals surface area contributed by atoms with Crippen LogP contribution in [0.5, 0.6) is 11.5 Å². The third-order valence-electron chi connectivity index (χ3n) is 4.31. The molecule has 1 amide bonds. The Labute approximate surface area is 133 Å². The molecule has 2 aliphatic heterocycles. The number of benzene rings is 2. The van der Waals surface area contributed by atoms with Gasteiger partial charge in [-0.05, 0) is 24.6 Å². The molecule has 4 rings (SSSR count). The molecule has 0 aromatic heterocycles. The maximum Gasteiger partial charge on any atom is 0.235 e. The SMILES string of the molecule is O=C([C@@H]1CCOc2ccccc21)N1CCOc2cccc(F)c21. The highest BCUT2D eigenvalue weighted by molar-refractivity contribution is 6.00. The van der Waals surface area contributed by atoms with Gasteiger partial charge in [0.1, 0.15) is 23.8 Å². The van der Waals surface area contributed by atoms with Crippen molar-refractivity contribution in [2.24, 2.45) is 0 Å². The number of fused-ring (bicyclic) bond motifs is 2. The Morgan fingerprint density at radius 2 is 1.83 bits per heavy atom. The van der Waals surface area contributed by atoms with E-state index in [1.54, 1.807) is 12.1 Å². The zero-order valence-electron chi connectivity index (χ0n) is 12.5. The molecule has 0 radical (unpaired) electrons. The molecule has 0 unspecified atom stereocenters. The summed E-state index contributed by atoms with van der Waals surface area (Å²) in [6.07, 6.45) is 0.594. The van der Waals surface area contributed by atoms with Crippen molar-refractivity contribution in [3.05, 3.63) is 53.8 Å². The maximum absolute atomic E-state index is 14.2. The van der Waals surface area contributed by atoms with E-state index < -0.39 is 5.82 Å². The molecule has 0 spiro atoms. The lowest BCUT2D eigenvalue weighted by Gasteiger charge is -2.34. The molecule has 4 nitrogen and oxygen atoms in total. The van der Waals surface area contributed by atoms with Crippen molar-refractivity contribution in [3.8, 4) is 11.5 Å². The van der Waals surface area contributed by atoms with Crippen LogP contribution in [0.3, 0.4) is 0 Å². The summed E-state index contributed by atoms with van der Waals surface area (Å²) >= 11 is 0. The summed E-state index contributed by atoms with van der Waals surface area (Å²) in [5, 5.41) is 0. The van der Waals surface area contributed by atoms with Crippen LogP contribution < -0.4 is 14.4 Å². The van der Waals surface area contributed by atoms with Gasteiger partial charge in [0.25, 0.3) is 0 Å². The number of nitrogens with zero attached hydrogens (tertiary/aromatic N) is 1. The Morgan fingerprint density at radius 1 is 1.04 bits per heavy atom. The van der Waals surface area contributed by atoms with Crippen molar-refractivity contribution in [3.63, 3.8) is 0 Å². The first-order chi connectivity index (χ1) is 11.3. The third-order valence-corrected chi connectivity index (χ3v) is 4.31. The Balaban J connectivity index is 1.72. The van der Waals surface area contributed by atoms with Crippen LogP contribution in [0.15, 0.2) is 42.5 Å². The number of carbonyl (C=O) groups excluding carboxylic acids is 1. The summed E-state index contributed by atoms with van der Waals surface area (Å²) in [4.78, 5) is 14.6. The van der Waals surface area contributed by atoms with Crippen LogP contribution in [0.2, 0.25) is 0 Å². The number of hydrogen-bond acceptors (Lipinski definition) is 3. The van der Waals surface area contributed by atoms with Gasteiger partial charge >= 0.3 is 0 Å². The van der Waals surface area contributed by atoms with Gasteiger partial charge in [0.05, 0.1) is 19.1 Å². The van der Waals surface area contributed by atoms with Gasteiger partial charge in [0, 0.05) is 5.56 Å². The fourth-order valence-corrected chi connectivity index (χ4v) is 3.24. The molecule has 0 aliphatic carbocycles. The summed E-state index contributed by atoms with van der Waals surface area (Å²) in [7, 11) is 0. The number of halogens is 1. The first-order valence-corrected chi connectivity index (χ1v) is 7.70. The van der Waals surface area contributed by atoms with E-state index in [9.17, 15) is 9.18 Å². The largest absolute Gasteiger partial charge is 0.493 e. The second kappa shape index (κ2) is 5.57. The molecule has 0 saturated heterocycles. The third kappa shape index (κ3) is 2.32. The minimum absolute atomic E-state index is 0.101. The van der Waals surface area contributed by atoms with E-state index in [-0.39, 0.29) is 17.5 Å². The molecule has 1 atom stereocenters. The number of anilines is 1. The first kappa shape index (κ1) is 14.1. The average molecular weight is 313 g/mol. The van der Waals surface area contributed by atoms with E-state index in [2.05, 4.69) is 0 Å². The van der Waals surface area contributed by atoms with Gasteiger partial charge in [0.15, 0.2) is 5.82 Å². The normalized spacial score (nSPS) is 19.2. The highest BCUT2D eigenvalue weighted by Crippen LogP contribution is 2.39. The summed E-state index contributed by atoms with van der Waals surface area (Å²) in [5.41, 5.74) is 1.11. The fraction of sp³-hybridized carbons (Fsp3) is 0.278. The minimum atomic E-state index is -0.434. The van der Waals surface area contributed by atoms with Gasteiger partial charge in [-0.1, -0.05) is 24.3 Å². The molecule has 0 saturated carbocycles. The summed E-state index contributed by atoms with van der Waals surface area (Å²) in [5.74, 6) is 0.306. The fourth-order valence-electron chi connectivity index (χ4n) is 3.24. The molecule has 2 heterocycles.